The number of aromatic nitrogens is 4. The van der Waals surface area contributed by atoms with E-state index < -0.39 is 5.41 Å². The molecular weight excluding hydrogens is 446 g/mol. The minimum absolute atomic E-state index is 0.0102. The fraction of sp³-hybridized carbons (Fsp3) is 0.640. The smallest absolute Gasteiger partial charge is 0.243 e. The molecule has 2 aliphatic heterocycles. The number of carbonyl (C=O) groups is 1. The summed E-state index contributed by atoms with van der Waals surface area (Å²) in [5.74, 6) is 2.21. The van der Waals surface area contributed by atoms with E-state index in [4.69, 9.17) is 4.74 Å². The van der Waals surface area contributed by atoms with Crippen molar-refractivity contribution in [1.82, 2.24) is 19.9 Å². The zero-order valence-corrected chi connectivity index (χ0v) is 20.4. The SMILES string of the molecule is C[C@@H]1CN(c2ncc(N3C(=O)C4(CCCC4)c4c(NC5CCC5)nc(CO)nc43)cn2)C[C@H](C)O1. The first-order valence-corrected chi connectivity index (χ1v) is 12.8. The van der Waals surface area contributed by atoms with Gasteiger partial charge in [-0.2, -0.15) is 0 Å². The molecule has 4 aliphatic rings. The second kappa shape index (κ2) is 8.67. The molecule has 2 aliphatic carbocycles. The van der Waals surface area contributed by atoms with Gasteiger partial charge in [-0.15, -0.1) is 0 Å². The Morgan fingerprint density at radius 1 is 1.09 bits per heavy atom. The molecule has 1 spiro atoms. The summed E-state index contributed by atoms with van der Waals surface area (Å²) in [5, 5.41) is 13.5. The molecule has 2 aromatic rings. The molecule has 10 heteroatoms. The van der Waals surface area contributed by atoms with Gasteiger partial charge in [0.1, 0.15) is 18.2 Å². The molecule has 1 amide bonds. The summed E-state index contributed by atoms with van der Waals surface area (Å²) < 4.78 is 5.83. The molecule has 0 radical (unpaired) electrons. The van der Waals surface area contributed by atoms with E-state index in [1.54, 1.807) is 17.3 Å². The van der Waals surface area contributed by atoms with Crippen molar-refractivity contribution in [3.63, 3.8) is 0 Å². The minimum Gasteiger partial charge on any atom is -0.388 e. The molecule has 6 rings (SSSR count). The predicted molar refractivity (Wildman–Crippen MR) is 131 cm³/mol. The largest absolute Gasteiger partial charge is 0.388 e. The molecule has 4 heterocycles. The average molecular weight is 480 g/mol. The number of aliphatic hydroxyl groups is 1. The van der Waals surface area contributed by atoms with Gasteiger partial charge in [0.2, 0.25) is 11.9 Å². The monoisotopic (exact) mass is 479 g/mol. The van der Waals surface area contributed by atoms with Gasteiger partial charge < -0.3 is 20.1 Å². The van der Waals surface area contributed by atoms with Crippen molar-refractivity contribution in [3.8, 4) is 0 Å². The Labute approximate surface area is 205 Å². The molecule has 10 nitrogen and oxygen atoms in total. The van der Waals surface area contributed by atoms with Crippen LogP contribution in [-0.2, 0) is 21.6 Å². The van der Waals surface area contributed by atoms with Crippen LogP contribution in [0.3, 0.4) is 0 Å². The van der Waals surface area contributed by atoms with Crippen LogP contribution in [0.1, 0.15) is 70.2 Å². The quantitative estimate of drug-likeness (QED) is 0.668. The normalized spacial score (nSPS) is 25.7. The van der Waals surface area contributed by atoms with Crippen molar-refractivity contribution in [3.05, 3.63) is 23.8 Å². The predicted octanol–water partition coefficient (Wildman–Crippen LogP) is 2.83. The van der Waals surface area contributed by atoms with Crippen molar-refractivity contribution >= 4 is 29.2 Å². The van der Waals surface area contributed by atoms with Crippen molar-refractivity contribution < 1.29 is 14.6 Å². The molecule has 2 N–H and O–H groups in total. The zero-order chi connectivity index (χ0) is 24.2. The minimum atomic E-state index is -0.636. The van der Waals surface area contributed by atoms with Crippen molar-refractivity contribution in [1.29, 1.82) is 0 Å². The van der Waals surface area contributed by atoms with E-state index in [0.29, 0.717) is 35.1 Å². The fourth-order valence-electron chi connectivity index (χ4n) is 6.05. The highest BCUT2D eigenvalue weighted by atomic mass is 16.5. The summed E-state index contributed by atoms with van der Waals surface area (Å²) in [5.41, 5.74) is 0.836. The van der Waals surface area contributed by atoms with Gasteiger partial charge in [0, 0.05) is 19.1 Å². The van der Waals surface area contributed by atoms with E-state index >= 15 is 0 Å². The first kappa shape index (κ1) is 22.6. The maximum Gasteiger partial charge on any atom is 0.243 e. The van der Waals surface area contributed by atoms with E-state index in [2.05, 4.69) is 30.2 Å². The number of rotatable bonds is 5. The van der Waals surface area contributed by atoms with Crippen molar-refractivity contribution in [2.75, 3.05) is 28.2 Å². The number of nitrogens with zero attached hydrogens (tertiary/aromatic N) is 6. The third kappa shape index (κ3) is 3.74. The van der Waals surface area contributed by atoms with Crippen LogP contribution in [0.15, 0.2) is 12.4 Å². The molecule has 2 aromatic heterocycles. The van der Waals surface area contributed by atoms with E-state index in [1.165, 1.54) is 6.42 Å². The molecule has 0 bridgehead atoms. The maximum absolute atomic E-state index is 14.1. The van der Waals surface area contributed by atoms with Gasteiger partial charge in [-0.3, -0.25) is 9.69 Å². The Morgan fingerprint density at radius 3 is 2.37 bits per heavy atom. The van der Waals surface area contributed by atoms with Crippen LogP contribution in [-0.4, -0.2) is 62.3 Å². The van der Waals surface area contributed by atoms with Crippen LogP contribution < -0.4 is 15.1 Å². The molecule has 186 valence electrons. The molecule has 2 atom stereocenters. The second-order valence-electron chi connectivity index (χ2n) is 10.5. The summed E-state index contributed by atoms with van der Waals surface area (Å²) in [6, 6.07) is 0.351. The first-order valence-electron chi connectivity index (χ1n) is 12.8. The van der Waals surface area contributed by atoms with Gasteiger partial charge in [-0.05, 0) is 46.0 Å². The molecule has 0 aromatic carbocycles. The highest BCUT2D eigenvalue weighted by Gasteiger charge is 2.56. The standard InChI is InChI=1S/C25H33N7O3/c1-15-12-31(13-16(2)35-15)24-26-10-18(11-27-24)32-22-20(25(23(32)34)8-3-4-9-25)21(28-17-6-5-7-17)29-19(14-33)30-22/h10-11,15-17,33H,3-9,12-14H2,1-2H3,(H,28,29,30)/t15-,16+. The van der Waals surface area contributed by atoms with E-state index in [-0.39, 0.29) is 24.7 Å². The highest BCUT2D eigenvalue weighted by Crippen LogP contribution is 2.55. The van der Waals surface area contributed by atoms with Gasteiger partial charge in [0.05, 0.1) is 41.3 Å². The lowest BCUT2D eigenvalue weighted by atomic mass is 9.80. The molecule has 35 heavy (non-hydrogen) atoms. The first-order chi connectivity index (χ1) is 17.0. The lowest BCUT2D eigenvalue weighted by Crippen LogP contribution is -2.46. The number of ether oxygens (including phenoxy) is 1. The molecule has 1 saturated heterocycles. The number of fused-ring (bicyclic) bond motifs is 2. The number of amides is 1. The van der Waals surface area contributed by atoms with Crippen LogP contribution in [0.2, 0.25) is 0 Å². The van der Waals surface area contributed by atoms with E-state index in [1.807, 2.05) is 13.8 Å². The van der Waals surface area contributed by atoms with Gasteiger partial charge in [0.25, 0.3) is 0 Å². The summed E-state index contributed by atoms with van der Waals surface area (Å²) in [4.78, 5) is 36.4. The van der Waals surface area contributed by atoms with Crippen LogP contribution in [0.25, 0.3) is 0 Å². The summed E-state index contributed by atoms with van der Waals surface area (Å²) in [7, 11) is 0. The Bertz CT molecular complexity index is 1100. The Hall–Kier alpha value is -2.85. The lowest BCUT2D eigenvalue weighted by Gasteiger charge is -2.35. The molecule has 0 unspecified atom stereocenters. The van der Waals surface area contributed by atoms with Gasteiger partial charge in [-0.25, -0.2) is 19.9 Å². The van der Waals surface area contributed by atoms with Gasteiger partial charge in [0.15, 0.2) is 5.82 Å². The highest BCUT2D eigenvalue weighted by molar-refractivity contribution is 6.13. The number of anilines is 4. The number of morpholine rings is 1. The molecular formula is C25H33N7O3. The topological polar surface area (TPSA) is 117 Å². The molecule has 2 saturated carbocycles. The summed E-state index contributed by atoms with van der Waals surface area (Å²) >= 11 is 0. The Morgan fingerprint density at radius 2 is 1.77 bits per heavy atom. The van der Waals surface area contributed by atoms with Crippen LogP contribution in [0.4, 0.5) is 23.3 Å². The maximum atomic E-state index is 14.1. The van der Waals surface area contributed by atoms with Crippen molar-refractivity contribution in [2.24, 2.45) is 0 Å². The van der Waals surface area contributed by atoms with Crippen LogP contribution in [0.5, 0.6) is 0 Å². The number of hydrogen-bond acceptors (Lipinski definition) is 9. The van der Waals surface area contributed by atoms with Crippen LogP contribution >= 0.6 is 0 Å². The van der Waals surface area contributed by atoms with Crippen molar-refractivity contribution in [2.45, 2.75) is 89.1 Å². The number of carbonyl (C=O) groups excluding carboxylic acids is 1. The van der Waals surface area contributed by atoms with Crippen LogP contribution in [0, 0.1) is 0 Å². The van der Waals surface area contributed by atoms with Gasteiger partial charge >= 0.3 is 0 Å². The van der Waals surface area contributed by atoms with E-state index in [9.17, 15) is 9.90 Å². The zero-order valence-electron chi connectivity index (χ0n) is 20.4. The Kier molecular flexibility index (Phi) is 5.60. The fourth-order valence-corrected chi connectivity index (χ4v) is 6.05. The summed E-state index contributed by atoms with van der Waals surface area (Å²) in [6.07, 6.45) is 10.5. The second-order valence-corrected chi connectivity index (χ2v) is 10.5. The average Bonchev–Trinajstić information content (AvgIpc) is 3.40. The third-order valence-corrected chi connectivity index (χ3v) is 7.87. The number of aliphatic hydroxyl groups excluding tert-OH is 1. The lowest BCUT2D eigenvalue weighted by molar-refractivity contribution is -0.122. The van der Waals surface area contributed by atoms with Gasteiger partial charge in [-0.1, -0.05) is 12.8 Å². The number of hydrogen-bond donors (Lipinski definition) is 2. The summed E-state index contributed by atoms with van der Waals surface area (Å²) in [6.45, 7) is 5.25. The van der Waals surface area contributed by atoms with E-state index in [0.717, 1.165) is 57.2 Å². The molecule has 3 fully saturated rings. The Balaban J connectivity index is 1.40. The third-order valence-electron chi connectivity index (χ3n) is 7.87. The number of nitrogens with one attached hydrogen (secondary N) is 1.